The highest BCUT2D eigenvalue weighted by Gasteiger charge is 2.31. The lowest BCUT2D eigenvalue weighted by Crippen LogP contribution is -2.31. The number of amides is 1. The van der Waals surface area contributed by atoms with Gasteiger partial charge in [-0.1, -0.05) is 31.2 Å². The van der Waals surface area contributed by atoms with Crippen molar-refractivity contribution in [1.29, 1.82) is 0 Å². The van der Waals surface area contributed by atoms with Crippen LogP contribution in [0.25, 0.3) is 0 Å². The fraction of sp³-hybridized carbons (Fsp3) is 0.391. The summed E-state index contributed by atoms with van der Waals surface area (Å²) < 4.78 is 5.73. The van der Waals surface area contributed by atoms with E-state index in [1.54, 1.807) is 6.07 Å². The highest BCUT2D eigenvalue weighted by Crippen LogP contribution is 2.40. The Morgan fingerprint density at radius 1 is 1.15 bits per heavy atom. The van der Waals surface area contributed by atoms with Gasteiger partial charge in [0.05, 0.1) is 11.6 Å². The molecule has 2 aromatic carbocycles. The van der Waals surface area contributed by atoms with Crippen LogP contribution in [0.15, 0.2) is 30.3 Å². The molecule has 3 rings (SSSR count). The Morgan fingerprint density at radius 3 is 2.56 bits per heavy atom. The number of rotatable bonds is 5. The van der Waals surface area contributed by atoms with Gasteiger partial charge in [-0.2, -0.15) is 0 Å². The average Bonchev–Trinajstić information content (AvgIpc) is 2.92. The van der Waals surface area contributed by atoms with Gasteiger partial charge in [-0.3, -0.25) is 9.59 Å². The maximum Gasteiger partial charge on any atom is 0.258 e. The standard InChI is InChI=1S/C23H27NO3/c1-13-6-8-18(10-15(13)3)17(5)24-21(26)12-27-20-9-7-14(2)22-16(4)11-19(25)23(20)22/h6-10,16-17H,11-12H2,1-5H3,(H,24,26)/t16-,17+/m0/s1. The number of carbonyl (C=O) groups is 2. The molecule has 0 heterocycles. The summed E-state index contributed by atoms with van der Waals surface area (Å²) in [6, 6.07) is 9.83. The Morgan fingerprint density at radius 2 is 1.85 bits per heavy atom. The second-order valence-corrected chi connectivity index (χ2v) is 7.62. The average molecular weight is 365 g/mol. The fourth-order valence-electron chi connectivity index (χ4n) is 3.77. The van der Waals surface area contributed by atoms with Crippen LogP contribution in [-0.2, 0) is 4.79 Å². The zero-order valence-electron chi connectivity index (χ0n) is 16.7. The van der Waals surface area contributed by atoms with E-state index in [0.717, 1.165) is 16.7 Å². The smallest absolute Gasteiger partial charge is 0.258 e. The Balaban J connectivity index is 1.66. The first-order valence-electron chi connectivity index (χ1n) is 9.44. The summed E-state index contributed by atoms with van der Waals surface area (Å²) >= 11 is 0. The van der Waals surface area contributed by atoms with Gasteiger partial charge in [-0.25, -0.2) is 0 Å². The van der Waals surface area contributed by atoms with Crippen molar-refractivity contribution in [2.45, 2.75) is 53.0 Å². The lowest BCUT2D eigenvalue weighted by atomic mass is 9.97. The lowest BCUT2D eigenvalue weighted by Gasteiger charge is -2.17. The maximum absolute atomic E-state index is 12.3. The summed E-state index contributed by atoms with van der Waals surface area (Å²) in [6.45, 7) is 10.0. The van der Waals surface area contributed by atoms with E-state index in [4.69, 9.17) is 4.74 Å². The lowest BCUT2D eigenvalue weighted by molar-refractivity contribution is -0.123. The number of hydrogen-bond acceptors (Lipinski definition) is 3. The molecule has 0 spiro atoms. The van der Waals surface area contributed by atoms with Crippen LogP contribution in [0.3, 0.4) is 0 Å². The Bertz CT molecular complexity index is 901. The Labute approximate surface area is 160 Å². The van der Waals surface area contributed by atoms with Crippen LogP contribution < -0.4 is 10.1 Å². The van der Waals surface area contributed by atoms with Crippen molar-refractivity contribution in [3.63, 3.8) is 0 Å². The fourth-order valence-corrected chi connectivity index (χ4v) is 3.77. The topological polar surface area (TPSA) is 55.4 Å². The van der Waals surface area contributed by atoms with Crippen molar-refractivity contribution in [2.75, 3.05) is 6.61 Å². The predicted molar refractivity (Wildman–Crippen MR) is 107 cm³/mol. The normalized spacial score (nSPS) is 16.8. The van der Waals surface area contributed by atoms with Crippen molar-refractivity contribution in [3.8, 4) is 5.75 Å². The summed E-state index contributed by atoms with van der Waals surface area (Å²) in [4.78, 5) is 24.7. The van der Waals surface area contributed by atoms with Gasteiger partial charge in [0.1, 0.15) is 5.75 Å². The third-order valence-corrected chi connectivity index (χ3v) is 5.46. The Kier molecular flexibility index (Phi) is 5.36. The number of fused-ring (bicyclic) bond motifs is 1. The van der Waals surface area contributed by atoms with Crippen molar-refractivity contribution in [1.82, 2.24) is 5.32 Å². The van der Waals surface area contributed by atoms with Gasteiger partial charge in [-0.05, 0) is 67.5 Å². The molecule has 0 aromatic heterocycles. The molecule has 0 saturated carbocycles. The molecule has 1 aliphatic carbocycles. The van der Waals surface area contributed by atoms with Crippen LogP contribution in [0.5, 0.6) is 5.75 Å². The van der Waals surface area contributed by atoms with E-state index in [1.165, 1.54) is 11.1 Å². The molecular weight excluding hydrogens is 338 g/mol. The number of benzene rings is 2. The summed E-state index contributed by atoms with van der Waals surface area (Å²) in [5.74, 6) is 0.613. The second-order valence-electron chi connectivity index (χ2n) is 7.62. The summed E-state index contributed by atoms with van der Waals surface area (Å²) in [6.07, 6.45) is 0.507. The van der Waals surface area contributed by atoms with Gasteiger partial charge in [0.25, 0.3) is 5.91 Å². The molecule has 0 unspecified atom stereocenters. The van der Waals surface area contributed by atoms with E-state index >= 15 is 0 Å². The minimum Gasteiger partial charge on any atom is -0.483 e. The third kappa shape index (κ3) is 3.90. The first kappa shape index (κ1) is 19.2. The van der Waals surface area contributed by atoms with Crippen LogP contribution in [0.1, 0.15) is 70.4 Å². The van der Waals surface area contributed by atoms with Crippen LogP contribution in [0, 0.1) is 20.8 Å². The van der Waals surface area contributed by atoms with Gasteiger partial charge >= 0.3 is 0 Å². The minimum atomic E-state index is -0.200. The van der Waals surface area contributed by atoms with E-state index in [-0.39, 0.29) is 30.3 Å². The number of Topliss-reactive ketones (excluding diaryl/α,β-unsaturated/α-hetero) is 1. The largest absolute Gasteiger partial charge is 0.483 e. The molecule has 142 valence electrons. The Hall–Kier alpha value is -2.62. The molecule has 2 atom stereocenters. The van der Waals surface area contributed by atoms with Gasteiger partial charge in [0.2, 0.25) is 0 Å². The van der Waals surface area contributed by atoms with Crippen LogP contribution >= 0.6 is 0 Å². The van der Waals surface area contributed by atoms with E-state index in [0.29, 0.717) is 17.7 Å². The molecule has 1 aliphatic rings. The molecule has 0 aliphatic heterocycles. The predicted octanol–water partition coefficient (Wildman–Crippen LogP) is 4.56. The molecule has 0 saturated heterocycles. The number of nitrogens with one attached hydrogen (secondary N) is 1. The van der Waals surface area contributed by atoms with E-state index < -0.39 is 0 Å². The molecule has 2 aromatic rings. The van der Waals surface area contributed by atoms with Crippen molar-refractivity contribution < 1.29 is 14.3 Å². The monoisotopic (exact) mass is 365 g/mol. The minimum absolute atomic E-state index is 0.0973. The highest BCUT2D eigenvalue weighted by atomic mass is 16.5. The van der Waals surface area contributed by atoms with Crippen molar-refractivity contribution in [2.24, 2.45) is 0 Å². The quantitative estimate of drug-likeness (QED) is 0.845. The zero-order chi connectivity index (χ0) is 19.7. The molecular formula is C23H27NO3. The first-order chi connectivity index (χ1) is 12.8. The molecule has 0 fully saturated rings. The molecule has 27 heavy (non-hydrogen) atoms. The number of ketones is 1. The number of aryl methyl sites for hydroxylation is 3. The van der Waals surface area contributed by atoms with Crippen LogP contribution in [0.2, 0.25) is 0 Å². The number of ether oxygens (including phenoxy) is 1. The summed E-state index contributed by atoms with van der Waals surface area (Å²) in [7, 11) is 0. The van der Waals surface area contributed by atoms with Gasteiger partial charge in [0.15, 0.2) is 12.4 Å². The van der Waals surface area contributed by atoms with Crippen LogP contribution in [0.4, 0.5) is 0 Å². The van der Waals surface area contributed by atoms with Gasteiger partial charge in [-0.15, -0.1) is 0 Å². The number of carbonyl (C=O) groups excluding carboxylic acids is 2. The molecule has 1 N–H and O–H groups in total. The molecule has 0 radical (unpaired) electrons. The SMILES string of the molecule is Cc1ccc([C@@H](C)NC(=O)COc2ccc(C)c3c2C(=O)C[C@@H]3C)cc1C. The van der Waals surface area contributed by atoms with Gasteiger partial charge < -0.3 is 10.1 Å². The summed E-state index contributed by atoms with van der Waals surface area (Å²) in [5, 5.41) is 2.96. The zero-order valence-corrected chi connectivity index (χ0v) is 16.7. The first-order valence-corrected chi connectivity index (χ1v) is 9.44. The molecule has 0 bridgehead atoms. The van der Waals surface area contributed by atoms with Crippen molar-refractivity contribution in [3.05, 3.63) is 63.7 Å². The van der Waals surface area contributed by atoms with E-state index in [2.05, 4.69) is 38.2 Å². The second kappa shape index (κ2) is 7.55. The number of hydrogen-bond donors (Lipinski definition) is 1. The molecule has 1 amide bonds. The maximum atomic E-state index is 12.3. The van der Waals surface area contributed by atoms with E-state index in [9.17, 15) is 9.59 Å². The highest BCUT2D eigenvalue weighted by molar-refractivity contribution is 6.04. The third-order valence-electron chi connectivity index (χ3n) is 5.46. The summed E-state index contributed by atoms with van der Waals surface area (Å²) in [5.41, 5.74) is 6.30. The van der Waals surface area contributed by atoms with E-state index in [1.807, 2.05) is 26.0 Å². The van der Waals surface area contributed by atoms with Gasteiger partial charge in [0, 0.05) is 6.42 Å². The molecule has 4 heteroatoms. The van der Waals surface area contributed by atoms with Crippen LogP contribution in [-0.4, -0.2) is 18.3 Å². The molecule has 4 nitrogen and oxygen atoms in total. The van der Waals surface area contributed by atoms with Crippen molar-refractivity contribution >= 4 is 11.7 Å².